The number of nitrogens with one attached hydrogen (secondary N) is 1. The molecule has 2 fully saturated rings. The smallest absolute Gasteiger partial charge is 0.239 e. The van der Waals surface area contributed by atoms with Crippen LogP contribution in [0.1, 0.15) is 19.3 Å². The molecule has 1 N–H and O–H groups in total. The molecular weight excluding hydrogens is 268 g/mol. The zero-order valence-electron chi connectivity index (χ0n) is 12.6. The second-order valence-electron chi connectivity index (χ2n) is 6.05. The van der Waals surface area contributed by atoms with Gasteiger partial charge in [0, 0.05) is 45.7 Å². The van der Waals surface area contributed by atoms with Crippen LogP contribution in [-0.2, 0) is 16.1 Å². The molecule has 0 spiro atoms. The fourth-order valence-corrected chi connectivity index (χ4v) is 3.30. The third-order valence-electron chi connectivity index (χ3n) is 4.65. The molecule has 1 amide bonds. The van der Waals surface area contributed by atoms with Crippen LogP contribution in [0.5, 0.6) is 0 Å². The lowest BCUT2D eigenvalue weighted by Crippen LogP contribution is -2.47. The Hall–Kier alpha value is -1.40. The van der Waals surface area contributed by atoms with Gasteiger partial charge in [0.15, 0.2) is 0 Å². The van der Waals surface area contributed by atoms with Crippen LogP contribution in [0.25, 0.3) is 0 Å². The Labute approximate surface area is 125 Å². The molecule has 21 heavy (non-hydrogen) atoms. The molecule has 2 saturated heterocycles. The highest BCUT2D eigenvalue weighted by molar-refractivity contribution is 5.82. The maximum atomic E-state index is 12.5. The molecule has 0 saturated carbocycles. The van der Waals surface area contributed by atoms with Gasteiger partial charge in [-0.3, -0.25) is 9.48 Å². The summed E-state index contributed by atoms with van der Waals surface area (Å²) in [5.41, 5.74) is 0. The van der Waals surface area contributed by atoms with E-state index in [2.05, 4.69) is 10.4 Å². The molecule has 2 aliphatic rings. The topological polar surface area (TPSA) is 59.4 Å². The number of carbonyl (C=O) groups excluding carboxylic acids is 1. The number of likely N-dealkylation sites (tertiary alicyclic amines) is 1. The molecule has 116 valence electrons. The third kappa shape index (κ3) is 3.44. The summed E-state index contributed by atoms with van der Waals surface area (Å²) >= 11 is 0. The van der Waals surface area contributed by atoms with Gasteiger partial charge in [-0.25, -0.2) is 0 Å². The number of amides is 1. The Morgan fingerprint density at radius 1 is 1.43 bits per heavy atom. The predicted molar refractivity (Wildman–Crippen MR) is 78.7 cm³/mol. The monoisotopic (exact) mass is 292 g/mol. The first-order valence-electron chi connectivity index (χ1n) is 7.78. The zero-order chi connectivity index (χ0) is 14.7. The van der Waals surface area contributed by atoms with E-state index in [0.29, 0.717) is 5.92 Å². The van der Waals surface area contributed by atoms with E-state index >= 15 is 0 Å². The lowest BCUT2D eigenvalue weighted by Gasteiger charge is -2.33. The van der Waals surface area contributed by atoms with Crippen molar-refractivity contribution in [1.82, 2.24) is 20.0 Å². The number of rotatable bonds is 4. The van der Waals surface area contributed by atoms with Gasteiger partial charge in [-0.2, -0.15) is 5.10 Å². The summed E-state index contributed by atoms with van der Waals surface area (Å²) in [7, 11) is 1.71. The second-order valence-corrected chi connectivity index (χ2v) is 6.05. The largest absolute Gasteiger partial charge is 0.380 e. The highest BCUT2D eigenvalue weighted by Crippen LogP contribution is 2.21. The van der Waals surface area contributed by atoms with E-state index in [0.717, 1.165) is 45.4 Å². The van der Waals surface area contributed by atoms with Gasteiger partial charge in [0.1, 0.15) is 0 Å². The summed E-state index contributed by atoms with van der Waals surface area (Å²) in [6, 6.07) is 1.90. The number of piperidine rings is 1. The summed E-state index contributed by atoms with van der Waals surface area (Å²) in [4.78, 5) is 14.5. The Morgan fingerprint density at radius 3 is 2.86 bits per heavy atom. The molecule has 1 aromatic rings. The summed E-state index contributed by atoms with van der Waals surface area (Å²) in [5.74, 6) is 0.865. The minimum Gasteiger partial charge on any atom is -0.380 e. The summed E-state index contributed by atoms with van der Waals surface area (Å²) in [5, 5.41) is 7.53. The Kier molecular flexibility index (Phi) is 4.55. The van der Waals surface area contributed by atoms with E-state index in [-0.39, 0.29) is 18.1 Å². The van der Waals surface area contributed by atoms with Gasteiger partial charge in [-0.1, -0.05) is 0 Å². The fraction of sp³-hybridized carbons (Fsp3) is 0.733. The lowest BCUT2D eigenvalue weighted by atomic mass is 9.96. The van der Waals surface area contributed by atoms with Crippen molar-refractivity contribution in [3.63, 3.8) is 0 Å². The number of aromatic nitrogens is 2. The van der Waals surface area contributed by atoms with Crippen molar-refractivity contribution in [2.75, 3.05) is 26.7 Å². The molecule has 0 aliphatic carbocycles. The van der Waals surface area contributed by atoms with Gasteiger partial charge >= 0.3 is 0 Å². The number of hydrogen-bond donors (Lipinski definition) is 1. The molecule has 6 nitrogen and oxygen atoms in total. The van der Waals surface area contributed by atoms with E-state index in [1.54, 1.807) is 7.11 Å². The van der Waals surface area contributed by atoms with Crippen LogP contribution >= 0.6 is 0 Å². The van der Waals surface area contributed by atoms with Crippen molar-refractivity contribution in [2.24, 2.45) is 5.92 Å². The molecule has 3 rings (SSSR count). The molecule has 0 radical (unpaired) electrons. The van der Waals surface area contributed by atoms with Crippen molar-refractivity contribution in [2.45, 2.75) is 38.0 Å². The van der Waals surface area contributed by atoms with Crippen LogP contribution in [0.15, 0.2) is 18.5 Å². The number of methoxy groups -OCH3 is 1. The van der Waals surface area contributed by atoms with Gasteiger partial charge in [0.2, 0.25) is 5.91 Å². The molecule has 3 heterocycles. The number of hydrogen-bond acceptors (Lipinski definition) is 4. The third-order valence-corrected chi connectivity index (χ3v) is 4.65. The normalized spacial score (nSPS) is 27.2. The number of nitrogens with zero attached hydrogens (tertiary/aromatic N) is 3. The first-order chi connectivity index (χ1) is 10.3. The highest BCUT2D eigenvalue weighted by Gasteiger charge is 2.33. The number of carbonyl (C=O) groups is 1. The van der Waals surface area contributed by atoms with Crippen LogP contribution in [0.3, 0.4) is 0 Å². The average molecular weight is 292 g/mol. The van der Waals surface area contributed by atoms with Crippen molar-refractivity contribution in [3.8, 4) is 0 Å². The van der Waals surface area contributed by atoms with Gasteiger partial charge in [0.25, 0.3) is 0 Å². The zero-order valence-corrected chi connectivity index (χ0v) is 12.6. The van der Waals surface area contributed by atoms with Crippen molar-refractivity contribution in [3.05, 3.63) is 18.5 Å². The highest BCUT2D eigenvalue weighted by atomic mass is 16.5. The molecule has 1 aromatic heterocycles. The SMILES string of the molecule is CO[C@@H]1CN[C@H](C(=O)N2CCC(Cn3cccn3)CC2)C1. The van der Waals surface area contributed by atoms with Crippen molar-refractivity contribution in [1.29, 1.82) is 0 Å². The Balaban J connectivity index is 1.46. The van der Waals surface area contributed by atoms with Gasteiger partial charge < -0.3 is 15.0 Å². The Morgan fingerprint density at radius 2 is 2.24 bits per heavy atom. The fourth-order valence-electron chi connectivity index (χ4n) is 3.30. The molecule has 2 aliphatic heterocycles. The van der Waals surface area contributed by atoms with Crippen LogP contribution in [0, 0.1) is 5.92 Å². The predicted octanol–water partition coefficient (Wildman–Crippen LogP) is 0.499. The maximum absolute atomic E-state index is 12.5. The molecular formula is C15H24N4O2. The van der Waals surface area contributed by atoms with Crippen LogP contribution < -0.4 is 5.32 Å². The maximum Gasteiger partial charge on any atom is 0.239 e. The van der Waals surface area contributed by atoms with Gasteiger partial charge in [0.05, 0.1) is 12.1 Å². The van der Waals surface area contributed by atoms with E-state index in [4.69, 9.17) is 4.74 Å². The van der Waals surface area contributed by atoms with Crippen molar-refractivity contribution < 1.29 is 9.53 Å². The second kappa shape index (κ2) is 6.58. The molecule has 0 bridgehead atoms. The summed E-state index contributed by atoms with van der Waals surface area (Å²) < 4.78 is 7.30. The quantitative estimate of drug-likeness (QED) is 0.878. The van der Waals surface area contributed by atoms with Gasteiger partial charge in [-0.05, 0) is 31.2 Å². The van der Waals surface area contributed by atoms with Crippen LogP contribution in [-0.4, -0.2) is 59.5 Å². The minimum absolute atomic E-state index is 0.0578. The van der Waals surface area contributed by atoms with E-state index < -0.39 is 0 Å². The van der Waals surface area contributed by atoms with E-state index in [1.165, 1.54) is 0 Å². The first-order valence-corrected chi connectivity index (χ1v) is 7.78. The molecule has 6 heteroatoms. The average Bonchev–Trinajstić information content (AvgIpc) is 3.18. The van der Waals surface area contributed by atoms with Crippen LogP contribution in [0.2, 0.25) is 0 Å². The van der Waals surface area contributed by atoms with Crippen LogP contribution in [0.4, 0.5) is 0 Å². The summed E-state index contributed by atoms with van der Waals surface area (Å²) in [6.07, 6.45) is 6.92. The minimum atomic E-state index is -0.0578. The molecule has 0 aromatic carbocycles. The summed E-state index contributed by atoms with van der Waals surface area (Å²) in [6.45, 7) is 3.46. The Bertz CT molecular complexity index is 454. The van der Waals surface area contributed by atoms with E-state index in [9.17, 15) is 4.79 Å². The molecule has 0 unspecified atom stereocenters. The van der Waals surface area contributed by atoms with Crippen molar-refractivity contribution >= 4 is 5.91 Å². The first kappa shape index (κ1) is 14.5. The standard InChI is InChI=1S/C15H24N4O2/c1-21-13-9-14(16-10-13)15(20)18-7-3-12(4-8-18)11-19-6-2-5-17-19/h2,5-6,12-14,16H,3-4,7-11H2,1H3/t13-,14-/m0/s1. The van der Waals surface area contributed by atoms with E-state index in [1.807, 2.05) is 28.0 Å². The molecule has 2 atom stereocenters. The van der Waals surface area contributed by atoms with Gasteiger partial charge in [-0.15, -0.1) is 0 Å². The lowest BCUT2D eigenvalue weighted by molar-refractivity contribution is -0.134. The number of ether oxygens (including phenoxy) is 1.